The van der Waals surface area contributed by atoms with Crippen molar-refractivity contribution in [2.45, 2.75) is 13.5 Å². The highest BCUT2D eigenvalue weighted by Crippen LogP contribution is 2.07. The molecule has 2 heterocycles. The average molecular weight is 219 g/mol. The molecule has 86 valence electrons. The van der Waals surface area contributed by atoms with Gasteiger partial charge in [0.2, 0.25) is 5.91 Å². The molecular weight excluding hydrogens is 202 g/mol. The molecule has 0 atom stereocenters. The fraction of sp³-hybridized carbons (Fsp3) is 0.500. The van der Waals surface area contributed by atoms with Crippen LogP contribution in [0.5, 0.6) is 0 Å². The van der Waals surface area contributed by atoms with Crippen molar-refractivity contribution >= 4 is 5.91 Å². The zero-order valence-corrected chi connectivity index (χ0v) is 9.59. The monoisotopic (exact) mass is 219 g/mol. The number of amides is 1. The lowest BCUT2D eigenvalue weighted by atomic mass is 10.2. The second-order valence-electron chi connectivity index (χ2n) is 4.14. The molecule has 0 N–H and O–H groups in total. The Hall–Kier alpha value is -1.42. The molecule has 0 aromatic carbocycles. The molecule has 4 nitrogen and oxygen atoms in total. The summed E-state index contributed by atoms with van der Waals surface area (Å²) in [6, 6.07) is 4.08. The number of hydrogen-bond acceptors (Lipinski definition) is 3. The van der Waals surface area contributed by atoms with E-state index in [0.29, 0.717) is 0 Å². The van der Waals surface area contributed by atoms with Gasteiger partial charge < -0.3 is 4.90 Å². The molecule has 1 aromatic rings. The number of carbonyl (C=O) groups is 1. The molecule has 0 aliphatic carbocycles. The van der Waals surface area contributed by atoms with Gasteiger partial charge in [-0.15, -0.1) is 0 Å². The SMILES string of the molecule is CC(=O)N1CCN(Cc2ccncc2)CC1. The molecule has 0 spiro atoms. The molecule has 1 aromatic heterocycles. The van der Waals surface area contributed by atoms with Gasteiger partial charge >= 0.3 is 0 Å². The summed E-state index contributed by atoms with van der Waals surface area (Å²) in [4.78, 5) is 19.4. The Kier molecular flexibility index (Phi) is 3.51. The second-order valence-corrected chi connectivity index (χ2v) is 4.14. The molecule has 1 aliphatic heterocycles. The van der Waals surface area contributed by atoms with Gasteiger partial charge in [-0.05, 0) is 17.7 Å². The Bertz CT molecular complexity index is 345. The van der Waals surface area contributed by atoms with Crippen LogP contribution in [0, 0.1) is 0 Å². The Morgan fingerprint density at radius 3 is 2.44 bits per heavy atom. The first-order valence-electron chi connectivity index (χ1n) is 5.62. The van der Waals surface area contributed by atoms with Gasteiger partial charge in [0.25, 0.3) is 0 Å². The van der Waals surface area contributed by atoms with Crippen LogP contribution in [0.1, 0.15) is 12.5 Å². The largest absolute Gasteiger partial charge is 0.340 e. The van der Waals surface area contributed by atoms with Crippen LogP contribution in [0.25, 0.3) is 0 Å². The maximum absolute atomic E-state index is 11.2. The molecule has 4 heteroatoms. The van der Waals surface area contributed by atoms with Crippen molar-refractivity contribution in [3.63, 3.8) is 0 Å². The van der Waals surface area contributed by atoms with Crippen molar-refractivity contribution in [1.29, 1.82) is 0 Å². The molecule has 1 aliphatic rings. The van der Waals surface area contributed by atoms with Crippen molar-refractivity contribution in [3.05, 3.63) is 30.1 Å². The lowest BCUT2D eigenvalue weighted by Gasteiger charge is -2.34. The zero-order chi connectivity index (χ0) is 11.4. The van der Waals surface area contributed by atoms with Crippen LogP contribution in [0.4, 0.5) is 0 Å². The highest BCUT2D eigenvalue weighted by atomic mass is 16.2. The molecule has 0 saturated carbocycles. The topological polar surface area (TPSA) is 36.4 Å². The first-order chi connectivity index (χ1) is 7.75. The first-order valence-corrected chi connectivity index (χ1v) is 5.62. The fourth-order valence-electron chi connectivity index (χ4n) is 1.97. The molecule has 16 heavy (non-hydrogen) atoms. The smallest absolute Gasteiger partial charge is 0.219 e. The van der Waals surface area contributed by atoms with Crippen LogP contribution in [0.15, 0.2) is 24.5 Å². The number of carbonyl (C=O) groups excluding carboxylic acids is 1. The molecule has 2 rings (SSSR count). The average Bonchev–Trinajstić information content (AvgIpc) is 2.31. The normalized spacial score (nSPS) is 17.4. The van der Waals surface area contributed by atoms with Crippen LogP contribution < -0.4 is 0 Å². The molecule has 0 unspecified atom stereocenters. The molecule has 1 saturated heterocycles. The first kappa shape index (κ1) is 11.1. The van der Waals surface area contributed by atoms with E-state index in [1.54, 1.807) is 6.92 Å². The van der Waals surface area contributed by atoms with E-state index in [1.807, 2.05) is 29.4 Å². The number of piperazine rings is 1. The van der Waals surface area contributed by atoms with Gasteiger partial charge in [0, 0.05) is 52.0 Å². The summed E-state index contributed by atoms with van der Waals surface area (Å²) in [5.74, 6) is 0.184. The summed E-state index contributed by atoms with van der Waals surface area (Å²) < 4.78 is 0. The number of pyridine rings is 1. The minimum absolute atomic E-state index is 0.184. The van der Waals surface area contributed by atoms with E-state index in [9.17, 15) is 4.79 Å². The lowest BCUT2D eigenvalue weighted by Crippen LogP contribution is -2.47. The van der Waals surface area contributed by atoms with Gasteiger partial charge in [-0.2, -0.15) is 0 Å². The number of rotatable bonds is 2. The molecular formula is C12H17N3O. The maximum atomic E-state index is 11.2. The van der Waals surface area contributed by atoms with E-state index in [-0.39, 0.29) is 5.91 Å². The maximum Gasteiger partial charge on any atom is 0.219 e. The highest BCUT2D eigenvalue weighted by molar-refractivity contribution is 5.73. The summed E-state index contributed by atoms with van der Waals surface area (Å²) in [7, 11) is 0. The summed E-state index contributed by atoms with van der Waals surface area (Å²) in [5, 5.41) is 0. The van der Waals surface area contributed by atoms with E-state index in [2.05, 4.69) is 9.88 Å². The van der Waals surface area contributed by atoms with Crippen LogP contribution >= 0.6 is 0 Å². The number of hydrogen-bond donors (Lipinski definition) is 0. The summed E-state index contributed by atoms with van der Waals surface area (Å²) in [6.45, 7) is 6.21. The Morgan fingerprint density at radius 1 is 1.25 bits per heavy atom. The van der Waals surface area contributed by atoms with Gasteiger partial charge in [0.1, 0.15) is 0 Å². The predicted octanol–water partition coefficient (Wildman–Crippen LogP) is 0.746. The third-order valence-corrected chi connectivity index (χ3v) is 2.97. The van der Waals surface area contributed by atoms with Crippen LogP contribution in [-0.4, -0.2) is 46.9 Å². The Labute approximate surface area is 95.9 Å². The number of nitrogens with zero attached hydrogens (tertiary/aromatic N) is 3. The van der Waals surface area contributed by atoms with Gasteiger partial charge in [-0.3, -0.25) is 14.7 Å². The Balaban J connectivity index is 1.84. The van der Waals surface area contributed by atoms with E-state index in [1.165, 1.54) is 5.56 Å². The summed E-state index contributed by atoms with van der Waals surface area (Å²) in [6.07, 6.45) is 3.64. The van der Waals surface area contributed by atoms with Crippen molar-refractivity contribution in [2.24, 2.45) is 0 Å². The molecule has 0 bridgehead atoms. The minimum Gasteiger partial charge on any atom is -0.340 e. The standard InChI is InChI=1S/C12H17N3O/c1-11(16)15-8-6-14(7-9-15)10-12-2-4-13-5-3-12/h2-5H,6-10H2,1H3. The third-order valence-electron chi connectivity index (χ3n) is 2.97. The van der Waals surface area contributed by atoms with Crippen molar-refractivity contribution < 1.29 is 4.79 Å². The van der Waals surface area contributed by atoms with E-state index in [0.717, 1.165) is 32.7 Å². The van der Waals surface area contributed by atoms with E-state index in [4.69, 9.17) is 0 Å². The molecule has 0 radical (unpaired) electrons. The quantitative estimate of drug-likeness (QED) is 0.736. The van der Waals surface area contributed by atoms with Crippen molar-refractivity contribution in [1.82, 2.24) is 14.8 Å². The lowest BCUT2D eigenvalue weighted by molar-refractivity contribution is -0.130. The minimum atomic E-state index is 0.184. The molecule has 1 fully saturated rings. The second kappa shape index (κ2) is 5.07. The van der Waals surface area contributed by atoms with Gasteiger partial charge in [0.05, 0.1) is 0 Å². The highest BCUT2D eigenvalue weighted by Gasteiger charge is 2.18. The van der Waals surface area contributed by atoms with Crippen molar-refractivity contribution in [2.75, 3.05) is 26.2 Å². The summed E-state index contributed by atoms with van der Waals surface area (Å²) >= 11 is 0. The Morgan fingerprint density at radius 2 is 1.88 bits per heavy atom. The van der Waals surface area contributed by atoms with Crippen LogP contribution in [0.3, 0.4) is 0 Å². The van der Waals surface area contributed by atoms with E-state index >= 15 is 0 Å². The van der Waals surface area contributed by atoms with Gasteiger partial charge in [-0.25, -0.2) is 0 Å². The third kappa shape index (κ3) is 2.79. The number of aromatic nitrogens is 1. The van der Waals surface area contributed by atoms with E-state index < -0.39 is 0 Å². The van der Waals surface area contributed by atoms with Crippen LogP contribution in [0.2, 0.25) is 0 Å². The van der Waals surface area contributed by atoms with Crippen molar-refractivity contribution in [3.8, 4) is 0 Å². The predicted molar refractivity (Wildman–Crippen MR) is 61.8 cm³/mol. The van der Waals surface area contributed by atoms with Gasteiger partial charge in [0.15, 0.2) is 0 Å². The fourth-order valence-corrected chi connectivity index (χ4v) is 1.97. The van der Waals surface area contributed by atoms with Gasteiger partial charge in [-0.1, -0.05) is 0 Å². The van der Waals surface area contributed by atoms with Crippen LogP contribution in [-0.2, 0) is 11.3 Å². The zero-order valence-electron chi connectivity index (χ0n) is 9.59. The summed E-state index contributed by atoms with van der Waals surface area (Å²) in [5.41, 5.74) is 1.28. The molecule has 1 amide bonds.